The molecule has 0 aliphatic heterocycles. The summed E-state index contributed by atoms with van der Waals surface area (Å²) < 4.78 is 10.0. The highest BCUT2D eigenvalue weighted by Crippen LogP contribution is 2.09. The van der Waals surface area contributed by atoms with Gasteiger partial charge in [-0.05, 0) is 12.3 Å². The number of rotatable bonds is 4. The Morgan fingerprint density at radius 2 is 2.25 bits per heavy atom. The zero-order valence-corrected chi connectivity index (χ0v) is 6.61. The summed E-state index contributed by atoms with van der Waals surface area (Å²) in [4.78, 5) is 0. The first kappa shape index (κ1) is 8.10. The minimum absolute atomic E-state index is 0.102. The maximum atomic E-state index is 10.0. The van der Waals surface area contributed by atoms with Gasteiger partial charge in [-0.3, -0.25) is 0 Å². The second-order valence-electron chi connectivity index (χ2n) is 2.24. The van der Waals surface area contributed by atoms with Gasteiger partial charge in [-0.1, -0.05) is 24.8 Å². The van der Waals surface area contributed by atoms with Crippen molar-refractivity contribution in [3.8, 4) is 0 Å². The van der Waals surface area contributed by atoms with Gasteiger partial charge in [-0.25, -0.2) is 0 Å². The zero-order valence-electron chi connectivity index (χ0n) is 5.61. The second kappa shape index (κ2) is 5.24. The number of hydrogen-bond donors (Lipinski definition) is 0. The summed E-state index contributed by atoms with van der Waals surface area (Å²) in [5.74, 6) is 0.663. The molecule has 0 rings (SSSR count). The van der Waals surface area contributed by atoms with Crippen molar-refractivity contribution in [1.82, 2.24) is 0 Å². The van der Waals surface area contributed by atoms with Crippen molar-refractivity contribution in [3.63, 3.8) is 0 Å². The molecule has 0 fully saturated rings. The van der Waals surface area contributed by atoms with Gasteiger partial charge in [-0.15, -0.1) is 0 Å². The van der Waals surface area contributed by atoms with Crippen LogP contribution in [0.3, 0.4) is 0 Å². The predicted molar refractivity (Wildman–Crippen MR) is 37.9 cm³/mol. The van der Waals surface area contributed by atoms with Gasteiger partial charge in [0.05, 0.1) is 0 Å². The van der Waals surface area contributed by atoms with Gasteiger partial charge in [0.25, 0.3) is 0 Å². The first-order valence-corrected chi connectivity index (χ1v) is 4.27. The van der Waals surface area contributed by atoms with E-state index < -0.39 is 0 Å². The van der Waals surface area contributed by atoms with Crippen molar-refractivity contribution in [1.29, 1.82) is 0 Å². The smallest absolute Gasteiger partial charge is 0.0775 e. The largest absolute Gasteiger partial charge is 0.325 e. The van der Waals surface area contributed by atoms with Crippen molar-refractivity contribution in [2.45, 2.75) is 26.7 Å². The first-order valence-electron chi connectivity index (χ1n) is 3.16. The molecule has 8 heavy (non-hydrogen) atoms. The van der Waals surface area contributed by atoms with Crippen LogP contribution in [0.25, 0.3) is 0 Å². The molecule has 0 aromatic rings. The van der Waals surface area contributed by atoms with Crippen LogP contribution in [-0.2, 0) is 4.57 Å². The average molecular weight is 133 g/mol. The quantitative estimate of drug-likeness (QED) is 0.538. The summed E-state index contributed by atoms with van der Waals surface area (Å²) in [6.45, 7) is 4.30. The van der Waals surface area contributed by atoms with Crippen LogP contribution >= 0.6 is 8.46 Å². The van der Waals surface area contributed by atoms with Gasteiger partial charge in [-0.2, -0.15) is 0 Å². The number of hydrogen-bond acceptors (Lipinski definition) is 1. The minimum Gasteiger partial charge on any atom is -0.0775 e. The van der Waals surface area contributed by atoms with Gasteiger partial charge in [0.2, 0.25) is 0 Å². The molecule has 0 radical (unpaired) electrons. The van der Waals surface area contributed by atoms with Gasteiger partial charge in [0.15, 0.2) is 0 Å². The summed E-state index contributed by atoms with van der Waals surface area (Å²) in [5, 5.41) is 0. The fourth-order valence-corrected chi connectivity index (χ4v) is 1.23. The van der Waals surface area contributed by atoms with Gasteiger partial charge in [0.1, 0.15) is 6.16 Å². The molecular formula is C6H14OP+. The topological polar surface area (TPSA) is 17.1 Å². The van der Waals surface area contributed by atoms with Gasteiger partial charge >= 0.3 is 8.46 Å². The highest BCUT2D eigenvalue weighted by molar-refractivity contribution is 7.23. The maximum absolute atomic E-state index is 10.0. The summed E-state index contributed by atoms with van der Waals surface area (Å²) in [6.07, 6.45) is 3.31. The third kappa shape index (κ3) is 4.26. The molecule has 1 nitrogen and oxygen atoms in total. The van der Waals surface area contributed by atoms with E-state index in [1.807, 2.05) is 0 Å². The molecule has 0 aliphatic carbocycles. The van der Waals surface area contributed by atoms with Crippen molar-refractivity contribution < 1.29 is 4.57 Å². The van der Waals surface area contributed by atoms with Crippen LogP contribution in [0, 0.1) is 5.92 Å². The lowest BCUT2D eigenvalue weighted by atomic mass is 10.1. The van der Waals surface area contributed by atoms with Crippen molar-refractivity contribution in [2.75, 3.05) is 6.16 Å². The molecule has 0 aromatic heterocycles. The third-order valence-electron chi connectivity index (χ3n) is 1.21. The zero-order chi connectivity index (χ0) is 6.41. The molecule has 2 atom stereocenters. The van der Waals surface area contributed by atoms with Gasteiger partial charge in [0, 0.05) is 0 Å². The molecule has 0 bridgehead atoms. The second-order valence-corrected chi connectivity index (χ2v) is 2.94. The Kier molecular flexibility index (Phi) is 5.31. The van der Waals surface area contributed by atoms with E-state index in [0.29, 0.717) is 5.92 Å². The molecule has 0 amide bonds. The van der Waals surface area contributed by atoms with Gasteiger partial charge < -0.3 is 0 Å². The molecule has 0 aromatic carbocycles. The third-order valence-corrected chi connectivity index (χ3v) is 2.08. The summed E-state index contributed by atoms with van der Waals surface area (Å²) in [7, 11) is -0.102. The van der Waals surface area contributed by atoms with E-state index in [2.05, 4.69) is 13.8 Å². The Bertz CT molecular complexity index is 63.5. The predicted octanol–water partition coefficient (Wildman–Crippen LogP) is 2.45. The molecule has 2 unspecified atom stereocenters. The molecule has 0 heterocycles. The average Bonchev–Trinajstić information content (AvgIpc) is 1.68. The molecule has 0 spiro atoms. The lowest BCUT2D eigenvalue weighted by Gasteiger charge is -1.97. The molecule has 0 saturated carbocycles. The summed E-state index contributed by atoms with van der Waals surface area (Å²) in [6, 6.07) is 0. The molecule has 2 heteroatoms. The summed E-state index contributed by atoms with van der Waals surface area (Å²) in [5.41, 5.74) is 0. The Labute approximate surface area is 52.7 Å². The lowest BCUT2D eigenvalue weighted by Crippen LogP contribution is -1.93. The fourth-order valence-electron chi connectivity index (χ4n) is 0.737. The van der Waals surface area contributed by atoms with Crippen LogP contribution < -0.4 is 0 Å². The molecule has 48 valence electrons. The maximum Gasteiger partial charge on any atom is 0.325 e. The van der Waals surface area contributed by atoms with Crippen LogP contribution in [0.1, 0.15) is 26.7 Å². The van der Waals surface area contributed by atoms with E-state index in [9.17, 15) is 4.57 Å². The van der Waals surface area contributed by atoms with Crippen LogP contribution in [0.15, 0.2) is 0 Å². The van der Waals surface area contributed by atoms with E-state index in [4.69, 9.17) is 0 Å². The van der Waals surface area contributed by atoms with E-state index >= 15 is 0 Å². The van der Waals surface area contributed by atoms with E-state index in [-0.39, 0.29) is 8.46 Å². The highest BCUT2D eigenvalue weighted by atomic mass is 31.1. The van der Waals surface area contributed by atoms with Crippen LogP contribution in [0.5, 0.6) is 0 Å². The Hall–Kier alpha value is 0.100. The molecule has 0 N–H and O–H groups in total. The van der Waals surface area contributed by atoms with Crippen LogP contribution in [0.4, 0.5) is 0 Å². The normalized spacial score (nSPS) is 14.2. The highest BCUT2D eigenvalue weighted by Gasteiger charge is 2.02. The first-order chi connectivity index (χ1) is 3.81. The molecule has 0 saturated heterocycles. The summed E-state index contributed by atoms with van der Waals surface area (Å²) >= 11 is 0. The van der Waals surface area contributed by atoms with Crippen LogP contribution in [0.2, 0.25) is 0 Å². The SMILES string of the molecule is CCCC(C)C[PH+]=O. The Balaban J connectivity index is 3.03. The van der Waals surface area contributed by atoms with E-state index in [0.717, 1.165) is 6.16 Å². The minimum atomic E-state index is -0.102. The molecule has 0 aliphatic rings. The standard InChI is InChI=1S/C6H13OP/c1-3-4-6(2)5-8-7/h6H,3-5H2,1-2H3/p+1. The van der Waals surface area contributed by atoms with Crippen molar-refractivity contribution in [3.05, 3.63) is 0 Å². The van der Waals surface area contributed by atoms with Crippen molar-refractivity contribution in [2.24, 2.45) is 5.92 Å². The monoisotopic (exact) mass is 133 g/mol. The van der Waals surface area contributed by atoms with E-state index in [1.54, 1.807) is 0 Å². The van der Waals surface area contributed by atoms with Crippen LogP contribution in [-0.4, -0.2) is 6.16 Å². The lowest BCUT2D eigenvalue weighted by molar-refractivity contribution is 0.559. The Morgan fingerprint density at radius 3 is 2.62 bits per heavy atom. The van der Waals surface area contributed by atoms with E-state index in [1.165, 1.54) is 12.8 Å². The Morgan fingerprint density at radius 1 is 1.62 bits per heavy atom. The molecular weight excluding hydrogens is 119 g/mol. The van der Waals surface area contributed by atoms with Crippen molar-refractivity contribution >= 4 is 8.46 Å². The fraction of sp³-hybridized carbons (Fsp3) is 1.00.